The average Bonchev–Trinajstić information content (AvgIpc) is 2.96. The maximum absolute atomic E-state index is 5.92. The van der Waals surface area contributed by atoms with E-state index in [-0.39, 0.29) is 0 Å². The monoisotopic (exact) mass is 222 g/mol. The Kier molecular flexibility index (Phi) is 3.32. The molecule has 0 radical (unpaired) electrons. The van der Waals surface area contributed by atoms with Crippen molar-refractivity contribution in [2.75, 3.05) is 6.61 Å². The van der Waals surface area contributed by atoms with E-state index in [1.807, 2.05) is 0 Å². The first-order valence-electron chi connectivity index (χ1n) is 6.82. The molecule has 1 heteroatoms. The first-order valence-corrected chi connectivity index (χ1v) is 6.82. The Morgan fingerprint density at radius 2 is 2.00 bits per heavy atom. The highest BCUT2D eigenvalue weighted by Crippen LogP contribution is 2.47. The molecule has 2 saturated carbocycles. The first kappa shape index (κ1) is 12.0. The normalized spacial score (nSPS) is 33.4. The molecule has 0 saturated heterocycles. The molecule has 0 amide bonds. The zero-order valence-corrected chi connectivity index (χ0v) is 11.1. The summed E-state index contributed by atoms with van der Waals surface area (Å²) in [6.45, 7) is 12.2. The summed E-state index contributed by atoms with van der Waals surface area (Å²) in [4.78, 5) is 0. The topological polar surface area (TPSA) is 9.23 Å². The smallest absolute Gasteiger partial charge is 0.0927 e. The Labute approximate surface area is 100 Å². The van der Waals surface area contributed by atoms with Crippen molar-refractivity contribution in [1.82, 2.24) is 0 Å². The van der Waals surface area contributed by atoms with Crippen LogP contribution in [0.2, 0.25) is 0 Å². The van der Waals surface area contributed by atoms with Crippen LogP contribution in [-0.4, -0.2) is 6.61 Å². The Morgan fingerprint density at radius 1 is 1.31 bits per heavy atom. The third-order valence-corrected chi connectivity index (χ3v) is 4.44. The third-order valence-electron chi connectivity index (χ3n) is 4.44. The Bertz CT molecular complexity index is 263. The zero-order valence-electron chi connectivity index (χ0n) is 11.1. The van der Waals surface area contributed by atoms with Gasteiger partial charge in [0.25, 0.3) is 0 Å². The van der Waals surface area contributed by atoms with Crippen LogP contribution in [0.3, 0.4) is 0 Å². The van der Waals surface area contributed by atoms with E-state index >= 15 is 0 Å². The molecule has 92 valence electrons. The summed E-state index contributed by atoms with van der Waals surface area (Å²) < 4.78 is 5.92. The van der Waals surface area contributed by atoms with E-state index in [0.29, 0.717) is 11.3 Å². The number of rotatable bonds is 4. The van der Waals surface area contributed by atoms with Crippen molar-refractivity contribution in [1.29, 1.82) is 0 Å². The highest BCUT2D eigenvalue weighted by Gasteiger charge is 2.39. The summed E-state index contributed by atoms with van der Waals surface area (Å²) in [5.74, 6) is 3.18. The van der Waals surface area contributed by atoms with E-state index in [1.54, 1.807) is 0 Å². The van der Waals surface area contributed by atoms with Gasteiger partial charge in [-0.15, -0.1) is 0 Å². The van der Waals surface area contributed by atoms with E-state index in [2.05, 4.69) is 27.4 Å². The van der Waals surface area contributed by atoms with Gasteiger partial charge in [-0.1, -0.05) is 33.8 Å². The second kappa shape index (κ2) is 4.43. The predicted octanol–water partition coefficient (Wildman–Crippen LogP) is 4.39. The lowest BCUT2D eigenvalue weighted by Crippen LogP contribution is -2.35. The number of hydrogen-bond donors (Lipinski definition) is 0. The lowest BCUT2D eigenvalue weighted by Gasteiger charge is -2.43. The zero-order chi connectivity index (χ0) is 11.8. The molecular formula is C15H26O. The van der Waals surface area contributed by atoms with Gasteiger partial charge >= 0.3 is 0 Å². The second-order valence-electron chi connectivity index (χ2n) is 6.56. The van der Waals surface area contributed by atoms with Gasteiger partial charge in [-0.3, -0.25) is 0 Å². The Balaban J connectivity index is 1.94. The summed E-state index contributed by atoms with van der Waals surface area (Å²) in [7, 11) is 0. The largest absolute Gasteiger partial charge is 0.498 e. The van der Waals surface area contributed by atoms with Gasteiger partial charge in [0.15, 0.2) is 0 Å². The van der Waals surface area contributed by atoms with Gasteiger partial charge in [-0.25, -0.2) is 0 Å². The summed E-state index contributed by atoms with van der Waals surface area (Å²) in [5.41, 5.74) is 0.373. The fraction of sp³-hybridized carbons (Fsp3) is 0.867. The molecule has 0 aromatic heterocycles. The third kappa shape index (κ3) is 2.61. The fourth-order valence-electron chi connectivity index (χ4n) is 3.32. The van der Waals surface area contributed by atoms with Crippen LogP contribution in [0.5, 0.6) is 0 Å². The summed E-state index contributed by atoms with van der Waals surface area (Å²) in [6.07, 6.45) is 6.72. The van der Waals surface area contributed by atoms with Gasteiger partial charge in [0, 0.05) is 5.92 Å². The van der Waals surface area contributed by atoms with Crippen LogP contribution >= 0.6 is 0 Å². The van der Waals surface area contributed by atoms with Crippen LogP contribution in [0.15, 0.2) is 12.3 Å². The number of hydrogen-bond acceptors (Lipinski definition) is 1. The summed E-state index contributed by atoms with van der Waals surface area (Å²) in [6, 6.07) is 0. The molecule has 0 aromatic carbocycles. The molecular weight excluding hydrogens is 196 g/mol. The van der Waals surface area contributed by atoms with E-state index < -0.39 is 0 Å². The maximum Gasteiger partial charge on any atom is 0.0927 e. The quantitative estimate of drug-likeness (QED) is 0.641. The SMILES string of the molecule is C=C(OCC1CC1)[C@@H]1[C@@H](C)CCCC1(C)C. The van der Waals surface area contributed by atoms with Gasteiger partial charge < -0.3 is 4.74 Å². The molecule has 1 nitrogen and oxygen atoms in total. The molecule has 2 aliphatic rings. The van der Waals surface area contributed by atoms with Crippen LogP contribution in [-0.2, 0) is 4.74 Å². The molecule has 16 heavy (non-hydrogen) atoms. The van der Waals surface area contributed by atoms with E-state index in [1.165, 1.54) is 32.1 Å². The van der Waals surface area contributed by atoms with Crippen molar-refractivity contribution in [3.63, 3.8) is 0 Å². The highest BCUT2D eigenvalue weighted by molar-refractivity contribution is 5.03. The average molecular weight is 222 g/mol. The van der Waals surface area contributed by atoms with Crippen molar-refractivity contribution in [3.05, 3.63) is 12.3 Å². The minimum Gasteiger partial charge on any atom is -0.498 e. The van der Waals surface area contributed by atoms with E-state index in [0.717, 1.165) is 24.2 Å². The molecule has 2 atom stereocenters. The molecule has 0 spiro atoms. The van der Waals surface area contributed by atoms with Crippen LogP contribution in [0.25, 0.3) is 0 Å². The molecule has 2 aliphatic carbocycles. The second-order valence-corrected chi connectivity index (χ2v) is 6.56. The lowest BCUT2D eigenvalue weighted by molar-refractivity contribution is 0.0470. The maximum atomic E-state index is 5.92. The molecule has 0 unspecified atom stereocenters. The minimum absolute atomic E-state index is 0.373. The Morgan fingerprint density at radius 3 is 2.56 bits per heavy atom. The molecule has 0 N–H and O–H groups in total. The van der Waals surface area contributed by atoms with Crippen LogP contribution in [0.1, 0.15) is 52.9 Å². The minimum atomic E-state index is 0.373. The van der Waals surface area contributed by atoms with Crippen molar-refractivity contribution >= 4 is 0 Å². The van der Waals surface area contributed by atoms with E-state index in [4.69, 9.17) is 4.74 Å². The highest BCUT2D eigenvalue weighted by atomic mass is 16.5. The van der Waals surface area contributed by atoms with Gasteiger partial charge in [0.2, 0.25) is 0 Å². The summed E-state index contributed by atoms with van der Waals surface area (Å²) >= 11 is 0. The molecule has 0 aliphatic heterocycles. The molecule has 0 heterocycles. The summed E-state index contributed by atoms with van der Waals surface area (Å²) in [5, 5.41) is 0. The fourth-order valence-corrected chi connectivity index (χ4v) is 3.32. The van der Waals surface area contributed by atoms with Crippen molar-refractivity contribution < 1.29 is 4.74 Å². The molecule has 2 fully saturated rings. The molecule has 2 rings (SSSR count). The number of ether oxygens (including phenoxy) is 1. The standard InChI is InChI=1S/C15H26O/c1-11-6-5-9-15(3,4)14(11)12(2)16-10-13-7-8-13/h11,13-14H,2,5-10H2,1,3-4H3/t11-,14-/m0/s1. The van der Waals surface area contributed by atoms with Gasteiger partial charge in [-0.05, 0) is 42.9 Å². The van der Waals surface area contributed by atoms with Crippen molar-refractivity contribution in [3.8, 4) is 0 Å². The van der Waals surface area contributed by atoms with Crippen molar-refractivity contribution in [2.24, 2.45) is 23.2 Å². The van der Waals surface area contributed by atoms with Crippen LogP contribution in [0.4, 0.5) is 0 Å². The Hall–Kier alpha value is -0.460. The predicted molar refractivity (Wildman–Crippen MR) is 68.1 cm³/mol. The first-order chi connectivity index (χ1) is 7.50. The van der Waals surface area contributed by atoms with Gasteiger partial charge in [0.1, 0.15) is 0 Å². The van der Waals surface area contributed by atoms with Crippen LogP contribution in [0, 0.1) is 23.2 Å². The molecule has 0 aromatic rings. The van der Waals surface area contributed by atoms with Gasteiger partial charge in [-0.2, -0.15) is 0 Å². The van der Waals surface area contributed by atoms with E-state index in [9.17, 15) is 0 Å². The van der Waals surface area contributed by atoms with Gasteiger partial charge in [0.05, 0.1) is 12.4 Å². The number of allylic oxidation sites excluding steroid dienone is 1. The molecule has 0 bridgehead atoms. The van der Waals surface area contributed by atoms with Crippen LogP contribution < -0.4 is 0 Å². The lowest BCUT2D eigenvalue weighted by atomic mass is 9.63. The van der Waals surface area contributed by atoms with Crippen molar-refractivity contribution in [2.45, 2.75) is 52.9 Å².